The molecule has 1 aliphatic rings. The molecule has 2 heterocycles. The minimum absolute atomic E-state index is 0.259. The van der Waals surface area contributed by atoms with E-state index in [0.29, 0.717) is 0 Å². The Labute approximate surface area is 135 Å². The number of H-pyrrole nitrogens is 1. The summed E-state index contributed by atoms with van der Waals surface area (Å²) >= 11 is 0. The molecule has 116 valence electrons. The number of carbonyl (C=O) groups is 1. The lowest BCUT2D eigenvalue weighted by Gasteiger charge is -2.27. The van der Waals surface area contributed by atoms with Gasteiger partial charge >= 0.3 is 0 Å². The monoisotopic (exact) mass is 304 g/mol. The molecule has 1 aromatic heterocycles. The molecule has 4 rings (SSSR count). The number of aromatic amines is 1. The lowest BCUT2D eigenvalue weighted by molar-refractivity contribution is 0.0816. The summed E-state index contributed by atoms with van der Waals surface area (Å²) in [6, 6.07) is 18.3. The van der Waals surface area contributed by atoms with Crippen molar-refractivity contribution in [1.29, 1.82) is 0 Å². The molecule has 0 aliphatic carbocycles. The summed E-state index contributed by atoms with van der Waals surface area (Å²) in [7, 11) is 0. The Kier molecular flexibility index (Phi) is 3.50. The molecule has 0 amide bonds. The Hall–Kier alpha value is -2.39. The number of Topliss-reactive ketones (excluding diaryl/α,β-unsaturated/α-hetero) is 1. The predicted octanol–water partition coefficient (Wildman–Crippen LogP) is 3.57. The van der Waals surface area contributed by atoms with Gasteiger partial charge in [-0.05, 0) is 49.2 Å². The summed E-state index contributed by atoms with van der Waals surface area (Å²) in [5, 5.41) is 4.48. The van der Waals surface area contributed by atoms with Gasteiger partial charge < -0.3 is 10.3 Å². The number of hydrogen-bond acceptors (Lipinski definition) is 2. The van der Waals surface area contributed by atoms with Gasteiger partial charge in [0.1, 0.15) is 0 Å². The quantitative estimate of drug-likeness (QED) is 0.724. The lowest BCUT2D eigenvalue weighted by Crippen LogP contribution is -2.35. The normalized spacial score (nSPS) is 20.9. The molecular weight excluding hydrogens is 284 g/mol. The highest BCUT2D eigenvalue weighted by Crippen LogP contribution is 2.34. The van der Waals surface area contributed by atoms with Gasteiger partial charge in [0.25, 0.3) is 0 Å². The molecule has 1 fully saturated rings. The zero-order valence-corrected chi connectivity index (χ0v) is 13.0. The van der Waals surface area contributed by atoms with Crippen molar-refractivity contribution in [2.45, 2.75) is 12.8 Å². The Bertz CT molecular complexity index is 829. The van der Waals surface area contributed by atoms with Crippen LogP contribution in [0.4, 0.5) is 0 Å². The number of rotatable bonds is 4. The first-order chi connectivity index (χ1) is 11.3. The van der Waals surface area contributed by atoms with Crippen LogP contribution in [0.25, 0.3) is 10.9 Å². The van der Waals surface area contributed by atoms with E-state index in [1.54, 1.807) is 0 Å². The molecule has 2 aromatic carbocycles. The Morgan fingerprint density at radius 1 is 1.09 bits per heavy atom. The van der Waals surface area contributed by atoms with Crippen LogP contribution in [0.15, 0.2) is 60.8 Å². The molecule has 3 heteroatoms. The summed E-state index contributed by atoms with van der Waals surface area (Å²) in [6.45, 7) is 1.66. The van der Waals surface area contributed by atoms with Crippen LogP contribution in [0.1, 0.15) is 22.3 Å². The van der Waals surface area contributed by atoms with E-state index in [1.165, 1.54) is 5.56 Å². The fourth-order valence-electron chi connectivity index (χ4n) is 3.66. The van der Waals surface area contributed by atoms with Gasteiger partial charge in [0.15, 0.2) is 5.78 Å². The van der Waals surface area contributed by atoms with Crippen molar-refractivity contribution in [3.8, 4) is 0 Å². The third kappa shape index (κ3) is 2.57. The van der Waals surface area contributed by atoms with Crippen LogP contribution in [-0.2, 0) is 6.42 Å². The summed E-state index contributed by atoms with van der Waals surface area (Å²) in [4.78, 5) is 16.5. The average Bonchev–Trinajstić information content (AvgIpc) is 3.24. The minimum Gasteiger partial charge on any atom is -0.361 e. The van der Waals surface area contributed by atoms with Gasteiger partial charge in [-0.25, -0.2) is 0 Å². The Balaban J connectivity index is 1.70. The summed E-state index contributed by atoms with van der Waals surface area (Å²) in [6.07, 6.45) is 3.60. The molecule has 1 saturated heterocycles. The van der Waals surface area contributed by atoms with Gasteiger partial charge in [-0.2, -0.15) is 0 Å². The van der Waals surface area contributed by atoms with E-state index < -0.39 is 0 Å². The van der Waals surface area contributed by atoms with E-state index in [0.717, 1.165) is 42.4 Å². The van der Waals surface area contributed by atoms with E-state index in [4.69, 9.17) is 0 Å². The maximum Gasteiger partial charge on any atom is 0.170 e. The largest absolute Gasteiger partial charge is 0.361 e. The maximum absolute atomic E-state index is 13.3. The highest BCUT2D eigenvalue weighted by Gasteiger charge is 2.41. The number of aromatic nitrogens is 1. The van der Waals surface area contributed by atoms with Crippen molar-refractivity contribution in [1.82, 2.24) is 10.3 Å². The fourth-order valence-corrected chi connectivity index (χ4v) is 3.66. The topological polar surface area (TPSA) is 44.9 Å². The van der Waals surface area contributed by atoms with Crippen LogP contribution in [-0.4, -0.2) is 23.9 Å². The maximum atomic E-state index is 13.3. The van der Waals surface area contributed by atoms with Crippen molar-refractivity contribution >= 4 is 16.7 Å². The Morgan fingerprint density at radius 2 is 1.96 bits per heavy atom. The van der Waals surface area contributed by atoms with Crippen LogP contribution in [0.3, 0.4) is 0 Å². The van der Waals surface area contributed by atoms with E-state index in [-0.39, 0.29) is 11.2 Å². The summed E-state index contributed by atoms with van der Waals surface area (Å²) < 4.78 is 0. The molecule has 3 nitrogen and oxygen atoms in total. The van der Waals surface area contributed by atoms with Crippen LogP contribution in [0, 0.1) is 5.41 Å². The molecule has 1 atom stereocenters. The number of fused-ring (bicyclic) bond motifs is 1. The third-order valence-electron chi connectivity index (χ3n) is 4.93. The van der Waals surface area contributed by atoms with Crippen molar-refractivity contribution in [2.24, 2.45) is 5.41 Å². The van der Waals surface area contributed by atoms with Crippen molar-refractivity contribution in [3.05, 3.63) is 71.9 Å². The van der Waals surface area contributed by atoms with Crippen molar-refractivity contribution in [3.63, 3.8) is 0 Å². The highest BCUT2D eigenvalue weighted by molar-refractivity contribution is 6.03. The molecule has 0 radical (unpaired) electrons. The van der Waals surface area contributed by atoms with Crippen molar-refractivity contribution in [2.75, 3.05) is 13.1 Å². The van der Waals surface area contributed by atoms with E-state index >= 15 is 0 Å². The van der Waals surface area contributed by atoms with E-state index in [2.05, 4.69) is 22.4 Å². The molecule has 23 heavy (non-hydrogen) atoms. The van der Waals surface area contributed by atoms with Crippen LogP contribution < -0.4 is 5.32 Å². The molecule has 0 spiro atoms. The van der Waals surface area contributed by atoms with E-state index in [1.807, 2.05) is 48.7 Å². The van der Waals surface area contributed by atoms with Crippen LogP contribution in [0.5, 0.6) is 0 Å². The Morgan fingerprint density at radius 3 is 2.74 bits per heavy atom. The van der Waals surface area contributed by atoms with Gasteiger partial charge in [0.2, 0.25) is 0 Å². The number of carbonyl (C=O) groups excluding carboxylic acids is 1. The molecule has 0 bridgehead atoms. The smallest absolute Gasteiger partial charge is 0.170 e. The first-order valence-corrected chi connectivity index (χ1v) is 8.13. The second kappa shape index (κ2) is 5.67. The third-order valence-corrected chi connectivity index (χ3v) is 4.93. The highest BCUT2D eigenvalue weighted by atomic mass is 16.1. The number of benzene rings is 2. The summed E-state index contributed by atoms with van der Waals surface area (Å²) in [5.74, 6) is 0.259. The molecule has 3 aromatic rings. The zero-order valence-electron chi connectivity index (χ0n) is 13.0. The van der Waals surface area contributed by atoms with Crippen LogP contribution >= 0.6 is 0 Å². The first kappa shape index (κ1) is 14.2. The lowest BCUT2D eigenvalue weighted by atomic mass is 9.74. The fraction of sp³-hybridized carbons (Fsp3) is 0.250. The molecule has 0 unspecified atom stereocenters. The SMILES string of the molecule is O=C(c1ccc2[nH]ccc2c1)[C@@]1(Cc2ccccc2)CCNC1. The molecule has 2 N–H and O–H groups in total. The number of nitrogens with one attached hydrogen (secondary N) is 2. The summed E-state index contributed by atoms with van der Waals surface area (Å²) in [5.41, 5.74) is 2.79. The molecular formula is C20H20N2O. The standard InChI is InChI=1S/C20H20N2O/c23-19(17-6-7-18-16(12-17)8-10-22-18)20(9-11-21-14-20)13-15-4-2-1-3-5-15/h1-8,10,12,21-22H,9,11,13-14H2/t20-/m1/s1. The van der Waals surface area contributed by atoms with Gasteiger partial charge in [-0.3, -0.25) is 4.79 Å². The minimum atomic E-state index is -0.328. The first-order valence-electron chi connectivity index (χ1n) is 8.13. The second-order valence-electron chi connectivity index (χ2n) is 6.48. The number of hydrogen-bond donors (Lipinski definition) is 2. The molecule has 0 saturated carbocycles. The second-order valence-corrected chi connectivity index (χ2v) is 6.48. The zero-order chi connectivity index (χ0) is 15.7. The van der Waals surface area contributed by atoms with Gasteiger partial charge in [-0.1, -0.05) is 30.3 Å². The van der Waals surface area contributed by atoms with Gasteiger partial charge in [0, 0.05) is 29.2 Å². The van der Waals surface area contributed by atoms with Gasteiger partial charge in [-0.15, -0.1) is 0 Å². The van der Waals surface area contributed by atoms with Crippen molar-refractivity contribution < 1.29 is 4.79 Å². The van der Waals surface area contributed by atoms with E-state index in [9.17, 15) is 4.79 Å². The average molecular weight is 304 g/mol. The van der Waals surface area contributed by atoms with Gasteiger partial charge in [0.05, 0.1) is 5.41 Å². The number of ketones is 1. The van der Waals surface area contributed by atoms with Crippen LogP contribution in [0.2, 0.25) is 0 Å². The predicted molar refractivity (Wildman–Crippen MR) is 92.7 cm³/mol. The molecule has 1 aliphatic heterocycles.